The summed E-state index contributed by atoms with van der Waals surface area (Å²) >= 11 is 5.86. The van der Waals surface area contributed by atoms with Gasteiger partial charge in [-0.15, -0.1) is 0 Å². The van der Waals surface area contributed by atoms with Crippen LogP contribution in [0, 0.1) is 6.92 Å². The van der Waals surface area contributed by atoms with E-state index in [1.807, 2.05) is 13.0 Å². The molecular weight excluding hydrogens is 362 g/mol. The molecule has 0 radical (unpaired) electrons. The molecule has 0 spiro atoms. The second kappa shape index (κ2) is 6.89. The molecule has 1 N–H and O–H groups in total. The Morgan fingerprint density at radius 2 is 2.04 bits per heavy atom. The Hall–Kier alpha value is -2.32. The topological polar surface area (TPSA) is 81.8 Å². The Labute approximate surface area is 151 Å². The normalized spacial score (nSPS) is 11.6. The minimum atomic E-state index is -3.70. The van der Waals surface area contributed by atoms with E-state index in [0.29, 0.717) is 29.5 Å². The van der Waals surface area contributed by atoms with Crippen LogP contribution in [0.25, 0.3) is 0 Å². The molecule has 0 saturated heterocycles. The predicted molar refractivity (Wildman–Crippen MR) is 96.2 cm³/mol. The predicted octanol–water partition coefficient (Wildman–Crippen LogP) is 2.91. The molecule has 0 amide bonds. The zero-order valence-corrected chi connectivity index (χ0v) is 15.4. The minimum absolute atomic E-state index is 0.179. The smallest absolute Gasteiger partial charge is 0.265 e. The number of aromatic nitrogens is 4. The number of sulfonamides is 1. The van der Waals surface area contributed by atoms with E-state index >= 15 is 0 Å². The lowest BCUT2D eigenvalue weighted by molar-refractivity contribution is 0.600. The summed E-state index contributed by atoms with van der Waals surface area (Å²) < 4.78 is 31.1. The lowest BCUT2D eigenvalue weighted by Gasteiger charge is -2.09. The molecule has 0 fully saturated rings. The number of benzene rings is 1. The van der Waals surface area contributed by atoms with Crippen molar-refractivity contribution in [2.75, 3.05) is 4.72 Å². The van der Waals surface area contributed by atoms with Gasteiger partial charge in [-0.1, -0.05) is 23.7 Å². The Bertz CT molecular complexity index is 994. The molecule has 0 aliphatic carbocycles. The van der Waals surface area contributed by atoms with Crippen LogP contribution in [0.2, 0.25) is 5.02 Å². The molecule has 2 heterocycles. The van der Waals surface area contributed by atoms with E-state index in [0.717, 1.165) is 5.56 Å². The molecule has 3 rings (SSSR count). The molecule has 3 aromatic rings. The summed E-state index contributed by atoms with van der Waals surface area (Å²) in [5, 5.41) is 8.86. The van der Waals surface area contributed by atoms with Crippen molar-refractivity contribution >= 4 is 27.3 Å². The van der Waals surface area contributed by atoms with Gasteiger partial charge in [0.1, 0.15) is 4.90 Å². The van der Waals surface area contributed by atoms with Gasteiger partial charge in [0.2, 0.25) is 0 Å². The van der Waals surface area contributed by atoms with Crippen molar-refractivity contribution in [3.63, 3.8) is 0 Å². The van der Waals surface area contributed by atoms with Gasteiger partial charge in [-0.25, -0.2) is 8.42 Å². The SMILES string of the molecule is CCn1cc(S(=O)(=O)Nc2cccc(Cn3cc(Cl)cn3)c2)c(C)n1. The number of nitrogens with one attached hydrogen (secondary N) is 1. The van der Waals surface area contributed by atoms with Gasteiger partial charge in [-0.2, -0.15) is 10.2 Å². The van der Waals surface area contributed by atoms with E-state index in [1.165, 1.54) is 6.20 Å². The second-order valence-corrected chi connectivity index (χ2v) is 7.68. The van der Waals surface area contributed by atoms with E-state index in [2.05, 4.69) is 14.9 Å². The average Bonchev–Trinajstić information content (AvgIpc) is 3.13. The summed E-state index contributed by atoms with van der Waals surface area (Å²) in [6, 6.07) is 7.16. The highest BCUT2D eigenvalue weighted by Crippen LogP contribution is 2.20. The highest BCUT2D eigenvalue weighted by Gasteiger charge is 2.20. The third kappa shape index (κ3) is 4.02. The summed E-state index contributed by atoms with van der Waals surface area (Å²) in [7, 11) is -3.70. The molecule has 132 valence electrons. The van der Waals surface area contributed by atoms with Gasteiger partial charge in [0.05, 0.1) is 23.5 Å². The lowest BCUT2D eigenvalue weighted by Crippen LogP contribution is -2.13. The van der Waals surface area contributed by atoms with Gasteiger partial charge in [0.15, 0.2) is 0 Å². The second-order valence-electron chi connectivity index (χ2n) is 5.60. The quantitative estimate of drug-likeness (QED) is 0.713. The zero-order chi connectivity index (χ0) is 18.0. The number of anilines is 1. The monoisotopic (exact) mass is 379 g/mol. The minimum Gasteiger partial charge on any atom is -0.280 e. The maximum absolute atomic E-state index is 12.6. The first-order chi connectivity index (χ1) is 11.9. The largest absolute Gasteiger partial charge is 0.280 e. The fourth-order valence-electron chi connectivity index (χ4n) is 2.48. The van der Waals surface area contributed by atoms with Gasteiger partial charge in [-0.3, -0.25) is 14.1 Å². The van der Waals surface area contributed by atoms with Crippen LogP contribution in [0.1, 0.15) is 18.2 Å². The molecule has 0 atom stereocenters. The Balaban J connectivity index is 1.82. The number of halogens is 1. The molecule has 0 bridgehead atoms. The Kier molecular flexibility index (Phi) is 4.82. The summed E-state index contributed by atoms with van der Waals surface area (Å²) in [6.45, 7) is 4.69. The molecule has 7 nitrogen and oxygen atoms in total. The molecule has 0 aliphatic heterocycles. The summed E-state index contributed by atoms with van der Waals surface area (Å²) in [4.78, 5) is 0.179. The van der Waals surface area contributed by atoms with Crippen molar-refractivity contribution in [1.29, 1.82) is 0 Å². The van der Waals surface area contributed by atoms with Crippen LogP contribution >= 0.6 is 11.6 Å². The van der Waals surface area contributed by atoms with Crippen LogP contribution in [-0.4, -0.2) is 28.0 Å². The van der Waals surface area contributed by atoms with Gasteiger partial charge in [-0.05, 0) is 31.5 Å². The maximum Gasteiger partial charge on any atom is 0.265 e. The van der Waals surface area contributed by atoms with Crippen molar-refractivity contribution in [1.82, 2.24) is 19.6 Å². The molecular formula is C16H18ClN5O2S. The lowest BCUT2D eigenvalue weighted by atomic mass is 10.2. The van der Waals surface area contributed by atoms with E-state index < -0.39 is 10.0 Å². The first-order valence-corrected chi connectivity index (χ1v) is 9.57. The Morgan fingerprint density at radius 3 is 2.68 bits per heavy atom. The zero-order valence-electron chi connectivity index (χ0n) is 13.8. The van der Waals surface area contributed by atoms with Crippen LogP contribution in [-0.2, 0) is 23.1 Å². The van der Waals surface area contributed by atoms with Crippen molar-refractivity contribution in [2.45, 2.75) is 31.8 Å². The molecule has 25 heavy (non-hydrogen) atoms. The van der Waals surface area contributed by atoms with Gasteiger partial charge < -0.3 is 0 Å². The first kappa shape index (κ1) is 17.5. The van der Waals surface area contributed by atoms with Crippen LogP contribution < -0.4 is 4.72 Å². The van der Waals surface area contributed by atoms with Crippen LogP contribution in [0.3, 0.4) is 0 Å². The van der Waals surface area contributed by atoms with E-state index in [9.17, 15) is 8.42 Å². The van der Waals surface area contributed by atoms with Crippen molar-refractivity contribution < 1.29 is 8.42 Å². The molecule has 0 unspecified atom stereocenters. The van der Waals surface area contributed by atoms with Crippen molar-refractivity contribution in [2.24, 2.45) is 0 Å². The fourth-order valence-corrected chi connectivity index (χ4v) is 3.87. The van der Waals surface area contributed by atoms with Gasteiger partial charge in [0.25, 0.3) is 10.0 Å². The third-order valence-corrected chi connectivity index (χ3v) is 5.32. The Morgan fingerprint density at radius 1 is 1.24 bits per heavy atom. The highest BCUT2D eigenvalue weighted by atomic mass is 35.5. The summed E-state index contributed by atoms with van der Waals surface area (Å²) in [5.74, 6) is 0. The molecule has 0 aliphatic rings. The molecule has 9 heteroatoms. The standard InChI is InChI=1S/C16H18ClN5O2S/c1-3-21-11-16(12(2)19-21)25(23,24)20-15-6-4-5-13(7-15)9-22-10-14(17)8-18-22/h4-8,10-11,20H,3,9H2,1-2H3. The van der Waals surface area contributed by atoms with Gasteiger partial charge >= 0.3 is 0 Å². The van der Waals surface area contributed by atoms with E-state index in [4.69, 9.17) is 11.6 Å². The first-order valence-electron chi connectivity index (χ1n) is 7.71. The van der Waals surface area contributed by atoms with Crippen LogP contribution in [0.15, 0.2) is 47.8 Å². The number of aryl methyl sites for hydroxylation is 2. The molecule has 2 aromatic heterocycles. The van der Waals surface area contributed by atoms with E-state index in [-0.39, 0.29) is 4.90 Å². The summed E-state index contributed by atoms with van der Waals surface area (Å²) in [5.41, 5.74) is 1.86. The highest BCUT2D eigenvalue weighted by molar-refractivity contribution is 7.92. The maximum atomic E-state index is 12.6. The summed E-state index contributed by atoms with van der Waals surface area (Å²) in [6.07, 6.45) is 4.80. The number of hydrogen-bond acceptors (Lipinski definition) is 4. The number of nitrogens with zero attached hydrogens (tertiary/aromatic N) is 4. The third-order valence-electron chi connectivity index (χ3n) is 3.64. The molecule has 1 aromatic carbocycles. The van der Waals surface area contributed by atoms with Crippen LogP contribution in [0.4, 0.5) is 5.69 Å². The fraction of sp³-hybridized carbons (Fsp3) is 0.250. The van der Waals surface area contributed by atoms with Crippen molar-refractivity contribution in [3.8, 4) is 0 Å². The van der Waals surface area contributed by atoms with Crippen LogP contribution in [0.5, 0.6) is 0 Å². The van der Waals surface area contributed by atoms with E-state index in [1.54, 1.807) is 46.9 Å². The average molecular weight is 380 g/mol. The molecule has 0 saturated carbocycles. The van der Waals surface area contributed by atoms with Crippen molar-refractivity contribution in [3.05, 3.63) is 59.1 Å². The number of rotatable bonds is 6. The number of hydrogen-bond donors (Lipinski definition) is 1. The van der Waals surface area contributed by atoms with Gasteiger partial charge in [0, 0.05) is 24.6 Å².